The average Bonchev–Trinajstić information content (AvgIpc) is 2.90. The Morgan fingerprint density at radius 3 is 2.65 bits per heavy atom. The van der Waals surface area contributed by atoms with E-state index in [1.54, 1.807) is 6.07 Å². The second-order valence-electron chi connectivity index (χ2n) is 9.82. The molecule has 0 aliphatic carbocycles. The molecule has 208 valence electrons. The van der Waals surface area contributed by atoms with E-state index in [2.05, 4.69) is 38.9 Å². The molecule has 1 aromatic rings. The van der Waals surface area contributed by atoms with Gasteiger partial charge in [0.2, 0.25) is 11.8 Å². The molecule has 2 fully saturated rings. The minimum absolute atomic E-state index is 0.0347. The maximum absolute atomic E-state index is 12.7. The maximum Gasteiger partial charge on any atom is 0.230 e. The summed E-state index contributed by atoms with van der Waals surface area (Å²) in [5, 5.41) is 3.82. The quantitative estimate of drug-likeness (QED) is 0.162. The Morgan fingerprint density at radius 2 is 1.89 bits per heavy atom. The van der Waals surface area contributed by atoms with Crippen molar-refractivity contribution in [2.75, 3.05) is 69.7 Å². The van der Waals surface area contributed by atoms with E-state index in [-0.39, 0.29) is 23.6 Å². The van der Waals surface area contributed by atoms with Gasteiger partial charge in [-0.1, -0.05) is 56.0 Å². The predicted octanol–water partition coefficient (Wildman–Crippen LogP) is 3.46. The third-order valence-electron chi connectivity index (χ3n) is 6.84. The molecule has 37 heavy (non-hydrogen) atoms. The van der Waals surface area contributed by atoms with Gasteiger partial charge in [0.05, 0.1) is 19.0 Å². The van der Waals surface area contributed by atoms with Crippen molar-refractivity contribution in [1.82, 2.24) is 25.1 Å². The topological polar surface area (TPSA) is 90.9 Å². The van der Waals surface area contributed by atoms with E-state index in [1.165, 1.54) is 31.0 Å². The highest BCUT2D eigenvalue weighted by molar-refractivity contribution is 7.99. The molecule has 3 rings (SSSR count). The maximum atomic E-state index is 12.7. The van der Waals surface area contributed by atoms with E-state index in [0.29, 0.717) is 42.9 Å². The van der Waals surface area contributed by atoms with Gasteiger partial charge in [-0.25, -0.2) is 9.97 Å². The summed E-state index contributed by atoms with van der Waals surface area (Å²) in [7, 11) is 0. The van der Waals surface area contributed by atoms with Crippen LogP contribution in [0.3, 0.4) is 0 Å². The van der Waals surface area contributed by atoms with Crippen molar-refractivity contribution in [3.63, 3.8) is 0 Å². The normalized spacial score (nSPS) is 18.7. The molecule has 2 amide bonds. The number of unbranched alkanes of at least 4 members (excludes halogenated alkanes) is 4. The summed E-state index contributed by atoms with van der Waals surface area (Å²) in [5.41, 5.74) is 0. The number of amides is 2. The summed E-state index contributed by atoms with van der Waals surface area (Å²) in [6, 6.07) is 1.86. The fraction of sp³-hybridized carbons (Fsp3) is 0.769. The minimum atomic E-state index is -0.0347. The van der Waals surface area contributed by atoms with Gasteiger partial charge in [-0.15, -0.1) is 0 Å². The second-order valence-corrected chi connectivity index (χ2v) is 11.2. The number of anilines is 1. The number of hydrogen-bond donors (Lipinski definition) is 1. The van der Waals surface area contributed by atoms with Crippen LogP contribution in [0, 0.1) is 0 Å². The van der Waals surface area contributed by atoms with Crippen molar-refractivity contribution < 1.29 is 14.3 Å². The summed E-state index contributed by atoms with van der Waals surface area (Å²) in [6.45, 7) is 11.5. The molecule has 0 aromatic carbocycles. The number of carbonyl (C=O) groups is 2. The van der Waals surface area contributed by atoms with E-state index in [4.69, 9.17) is 16.3 Å². The Labute approximate surface area is 231 Å². The minimum Gasteiger partial charge on any atom is -0.379 e. The second kappa shape index (κ2) is 16.4. The van der Waals surface area contributed by atoms with Gasteiger partial charge in [0, 0.05) is 57.8 Å². The number of morpholine rings is 1. The first-order valence-corrected chi connectivity index (χ1v) is 15.1. The lowest BCUT2D eigenvalue weighted by Gasteiger charge is -2.40. The molecule has 1 N–H and O–H groups in total. The van der Waals surface area contributed by atoms with E-state index in [9.17, 15) is 9.59 Å². The zero-order valence-electron chi connectivity index (χ0n) is 22.4. The van der Waals surface area contributed by atoms with Crippen molar-refractivity contribution in [3.05, 3.63) is 11.2 Å². The summed E-state index contributed by atoms with van der Waals surface area (Å²) < 4.78 is 5.36. The van der Waals surface area contributed by atoms with Gasteiger partial charge in [-0.3, -0.25) is 14.5 Å². The first-order chi connectivity index (χ1) is 18.0. The number of piperazine rings is 1. The highest BCUT2D eigenvalue weighted by Gasteiger charge is 2.28. The smallest absolute Gasteiger partial charge is 0.230 e. The number of rotatable bonds is 14. The van der Waals surface area contributed by atoms with E-state index >= 15 is 0 Å². The number of halogens is 1. The fourth-order valence-electron chi connectivity index (χ4n) is 4.71. The Bertz CT molecular complexity index is 858. The van der Waals surface area contributed by atoms with Crippen LogP contribution in [0.25, 0.3) is 0 Å². The molecule has 1 atom stereocenters. The van der Waals surface area contributed by atoms with Gasteiger partial charge in [-0.2, -0.15) is 0 Å². The molecule has 9 nitrogen and oxygen atoms in total. The first kappa shape index (κ1) is 29.9. The standard InChI is InChI=1S/C26H43ClN6O3S/c1-3-4-5-6-7-9-25(35)33-13-12-32(19-21(33)2)23-18-22(27)29-26(30-23)37-20-24(34)28-10-8-11-31-14-16-36-17-15-31/h18,21H,3-17,19-20H2,1-2H3,(H,28,34). The molecule has 2 saturated heterocycles. The van der Waals surface area contributed by atoms with Crippen LogP contribution in [0.2, 0.25) is 5.15 Å². The number of aromatic nitrogens is 2. The molecule has 1 unspecified atom stereocenters. The number of nitrogens with zero attached hydrogens (tertiary/aromatic N) is 5. The number of thioether (sulfide) groups is 1. The highest BCUT2D eigenvalue weighted by atomic mass is 35.5. The molecule has 2 aliphatic rings. The van der Waals surface area contributed by atoms with Crippen LogP contribution in [0.4, 0.5) is 5.82 Å². The largest absolute Gasteiger partial charge is 0.379 e. The van der Waals surface area contributed by atoms with Crippen LogP contribution >= 0.6 is 23.4 Å². The summed E-state index contributed by atoms with van der Waals surface area (Å²) >= 11 is 7.59. The van der Waals surface area contributed by atoms with E-state index in [0.717, 1.165) is 57.9 Å². The molecule has 0 bridgehead atoms. The van der Waals surface area contributed by atoms with Gasteiger partial charge >= 0.3 is 0 Å². The van der Waals surface area contributed by atoms with Gasteiger partial charge in [-0.05, 0) is 26.3 Å². The Morgan fingerprint density at radius 1 is 1.11 bits per heavy atom. The molecule has 3 heterocycles. The van der Waals surface area contributed by atoms with Gasteiger partial charge < -0.3 is 19.9 Å². The van der Waals surface area contributed by atoms with Crippen LogP contribution in [-0.2, 0) is 14.3 Å². The Balaban J connectivity index is 1.40. The zero-order valence-corrected chi connectivity index (χ0v) is 24.0. The fourth-order valence-corrected chi connectivity index (χ4v) is 5.62. The molecular weight excluding hydrogens is 512 g/mol. The van der Waals surface area contributed by atoms with Gasteiger partial charge in [0.25, 0.3) is 0 Å². The van der Waals surface area contributed by atoms with Crippen molar-refractivity contribution >= 4 is 41.0 Å². The Hall–Kier alpha value is -1.62. The van der Waals surface area contributed by atoms with Crippen LogP contribution < -0.4 is 10.2 Å². The number of ether oxygens (including phenoxy) is 1. The zero-order chi connectivity index (χ0) is 26.5. The predicted molar refractivity (Wildman–Crippen MR) is 149 cm³/mol. The van der Waals surface area contributed by atoms with Crippen molar-refractivity contribution in [2.24, 2.45) is 0 Å². The number of nitrogens with one attached hydrogen (secondary N) is 1. The monoisotopic (exact) mass is 554 g/mol. The van der Waals surface area contributed by atoms with E-state index in [1.807, 2.05) is 4.90 Å². The summed E-state index contributed by atoms with van der Waals surface area (Å²) in [6.07, 6.45) is 7.30. The average molecular weight is 555 g/mol. The Kier molecular flexibility index (Phi) is 13.2. The van der Waals surface area contributed by atoms with Crippen LogP contribution in [0.5, 0.6) is 0 Å². The van der Waals surface area contributed by atoms with Crippen LogP contribution in [0.1, 0.15) is 58.8 Å². The van der Waals surface area contributed by atoms with Gasteiger partial charge in [0.1, 0.15) is 11.0 Å². The van der Waals surface area contributed by atoms with Crippen LogP contribution in [0.15, 0.2) is 11.2 Å². The molecule has 0 saturated carbocycles. The lowest BCUT2D eigenvalue weighted by molar-refractivity contribution is -0.133. The van der Waals surface area contributed by atoms with Crippen molar-refractivity contribution in [1.29, 1.82) is 0 Å². The summed E-state index contributed by atoms with van der Waals surface area (Å²) in [4.78, 5) is 40.5. The summed E-state index contributed by atoms with van der Waals surface area (Å²) in [5.74, 6) is 1.20. The van der Waals surface area contributed by atoms with Gasteiger partial charge in [0.15, 0.2) is 5.16 Å². The first-order valence-electron chi connectivity index (χ1n) is 13.7. The molecule has 2 aliphatic heterocycles. The van der Waals surface area contributed by atoms with E-state index < -0.39 is 0 Å². The van der Waals surface area contributed by atoms with Crippen molar-refractivity contribution in [3.8, 4) is 0 Å². The molecule has 1 aromatic heterocycles. The highest BCUT2D eigenvalue weighted by Crippen LogP contribution is 2.24. The number of carbonyl (C=O) groups excluding carboxylic acids is 2. The SMILES string of the molecule is CCCCCCCC(=O)N1CCN(c2cc(Cl)nc(SCC(=O)NCCCN3CCOCC3)n2)CC1C. The molecule has 11 heteroatoms. The molecule has 0 radical (unpaired) electrons. The lowest BCUT2D eigenvalue weighted by atomic mass is 10.1. The number of hydrogen-bond acceptors (Lipinski definition) is 8. The van der Waals surface area contributed by atoms with Crippen molar-refractivity contribution in [2.45, 2.75) is 70.0 Å². The molecule has 0 spiro atoms. The third kappa shape index (κ3) is 10.6. The van der Waals surface area contributed by atoms with Crippen LogP contribution in [-0.4, -0.2) is 102 Å². The molecular formula is C26H43ClN6O3S. The third-order valence-corrected chi connectivity index (χ3v) is 7.88. The lowest BCUT2D eigenvalue weighted by Crippen LogP contribution is -2.54.